The van der Waals surface area contributed by atoms with Gasteiger partial charge in [0, 0.05) is 57.7 Å². The molecule has 0 saturated carbocycles. The number of nitrogens with zero attached hydrogens (tertiary/aromatic N) is 3. The van der Waals surface area contributed by atoms with E-state index < -0.39 is 0 Å². The van der Waals surface area contributed by atoms with Crippen LogP contribution in [0.15, 0.2) is 0 Å². The molecule has 2 aliphatic rings. The fourth-order valence-corrected chi connectivity index (χ4v) is 2.67. The van der Waals surface area contributed by atoms with E-state index in [4.69, 9.17) is 9.97 Å². The van der Waals surface area contributed by atoms with Crippen molar-refractivity contribution in [2.75, 3.05) is 37.6 Å². The van der Waals surface area contributed by atoms with Gasteiger partial charge in [-0.05, 0) is 0 Å². The van der Waals surface area contributed by atoms with Crippen LogP contribution in [0.25, 0.3) is 0 Å². The van der Waals surface area contributed by atoms with Crippen LogP contribution in [-0.2, 0) is 19.4 Å². The lowest BCUT2D eigenvalue weighted by Gasteiger charge is -2.32. The van der Waals surface area contributed by atoms with E-state index in [0.29, 0.717) is 0 Å². The van der Waals surface area contributed by atoms with Crippen LogP contribution < -0.4 is 15.5 Å². The molecule has 0 atom stereocenters. The molecule has 0 aromatic carbocycles. The molecule has 18 heavy (non-hydrogen) atoms. The number of hydrogen-bond acceptors (Lipinski definition) is 5. The second-order valence-corrected chi connectivity index (χ2v) is 4.91. The summed E-state index contributed by atoms with van der Waals surface area (Å²) in [6.07, 6.45) is 1.95. The molecular weight excluding hydrogens is 226 g/mol. The first-order valence-electron chi connectivity index (χ1n) is 6.93. The summed E-state index contributed by atoms with van der Waals surface area (Å²) in [6.45, 7) is 8.28. The van der Waals surface area contributed by atoms with Crippen molar-refractivity contribution in [1.82, 2.24) is 20.6 Å². The van der Waals surface area contributed by atoms with Gasteiger partial charge in [-0.15, -0.1) is 0 Å². The van der Waals surface area contributed by atoms with Crippen molar-refractivity contribution in [1.29, 1.82) is 0 Å². The molecule has 2 aliphatic heterocycles. The molecule has 0 aliphatic carbocycles. The molecule has 0 amide bonds. The molecule has 1 aromatic rings. The normalized spacial score (nSPS) is 19.7. The summed E-state index contributed by atoms with van der Waals surface area (Å²) in [5.74, 6) is 2.16. The average molecular weight is 247 g/mol. The van der Waals surface area contributed by atoms with Crippen molar-refractivity contribution >= 4 is 5.82 Å². The van der Waals surface area contributed by atoms with Gasteiger partial charge in [0.1, 0.15) is 11.6 Å². The largest absolute Gasteiger partial charge is 0.354 e. The number of aromatic nitrogens is 2. The van der Waals surface area contributed by atoms with Crippen LogP contribution in [-0.4, -0.2) is 42.7 Å². The van der Waals surface area contributed by atoms with Gasteiger partial charge in [-0.3, -0.25) is 0 Å². The molecule has 5 nitrogen and oxygen atoms in total. The van der Waals surface area contributed by atoms with E-state index in [-0.39, 0.29) is 0 Å². The molecule has 3 heterocycles. The van der Waals surface area contributed by atoms with E-state index in [1.807, 2.05) is 0 Å². The Balaban J connectivity index is 1.99. The number of aryl methyl sites for hydroxylation is 1. The fraction of sp³-hybridized carbons (Fsp3) is 0.692. The van der Waals surface area contributed by atoms with Crippen molar-refractivity contribution in [3.63, 3.8) is 0 Å². The molecule has 3 rings (SSSR count). The first-order valence-corrected chi connectivity index (χ1v) is 6.93. The highest BCUT2D eigenvalue weighted by molar-refractivity contribution is 5.50. The highest BCUT2D eigenvalue weighted by atomic mass is 15.2. The number of anilines is 1. The summed E-state index contributed by atoms with van der Waals surface area (Å²) in [6, 6.07) is 0. The Hall–Kier alpha value is -1.20. The first-order chi connectivity index (χ1) is 8.88. The zero-order valence-electron chi connectivity index (χ0n) is 11.0. The minimum absolute atomic E-state index is 0.915. The molecule has 0 radical (unpaired) electrons. The van der Waals surface area contributed by atoms with Crippen molar-refractivity contribution < 1.29 is 0 Å². The van der Waals surface area contributed by atoms with Crippen LogP contribution in [0.4, 0.5) is 5.82 Å². The summed E-state index contributed by atoms with van der Waals surface area (Å²) in [7, 11) is 0. The van der Waals surface area contributed by atoms with Crippen molar-refractivity contribution in [3.8, 4) is 0 Å². The maximum Gasteiger partial charge on any atom is 0.137 e. The third kappa shape index (κ3) is 2.20. The topological polar surface area (TPSA) is 53.1 Å². The van der Waals surface area contributed by atoms with Gasteiger partial charge in [-0.25, -0.2) is 9.97 Å². The molecule has 0 unspecified atom stereocenters. The van der Waals surface area contributed by atoms with Crippen molar-refractivity contribution in [2.45, 2.75) is 26.3 Å². The van der Waals surface area contributed by atoms with Crippen LogP contribution in [0.1, 0.15) is 24.0 Å². The number of piperazine rings is 1. The Morgan fingerprint density at radius 2 is 1.94 bits per heavy atom. The summed E-state index contributed by atoms with van der Waals surface area (Å²) in [5.41, 5.74) is 2.58. The Labute approximate surface area is 108 Å². The van der Waals surface area contributed by atoms with E-state index in [2.05, 4.69) is 22.5 Å². The number of hydrogen-bond donors (Lipinski definition) is 2. The first kappa shape index (κ1) is 11.9. The molecule has 0 spiro atoms. The number of fused-ring (bicyclic) bond motifs is 1. The Morgan fingerprint density at radius 1 is 1.11 bits per heavy atom. The molecule has 98 valence electrons. The van der Waals surface area contributed by atoms with Gasteiger partial charge < -0.3 is 15.5 Å². The van der Waals surface area contributed by atoms with Gasteiger partial charge >= 0.3 is 0 Å². The van der Waals surface area contributed by atoms with Crippen LogP contribution in [0.5, 0.6) is 0 Å². The predicted octanol–water partition coefficient (Wildman–Crippen LogP) is 0.0943. The molecule has 0 bridgehead atoms. The standard InChI is InChI=1S/C13H21N5/c1-2-12-16-11-3-4-15-9-10(11)13(17-12)18-7-5-14-6-8-18/h14-15H,2-9H2,1H3. The zero-order valence-corrected chi connectivity index (χ0v) is 11.0. The number of rotatable bonds is 2. The van der Waals surface area contributed by atoms with Crippen LogP contribution in [0.3, 0.4) is 0 Å². The molecule has 1 saturated heterocycles. The highest BCUT2D eigenvalue weighted by Crippen LogP contribution is 2.24. The minimum atomic E-state index is 0.915. The van der Waals surface area contributed by atoms with E-state index >= 15 is 0 Å². The van der Waals surface area contributed by atoms with Gasteiger partial charge in [0.25, 0.3) is 0 Å². The zero-order chi connectivity index (χ0) is 12.4. The van der Waals surface area contributed by atoms with Crippen LogP contribution in [0, 0.1) is 0 Å². The summed E-state index contributed by atoms with van der Waals surface area (Å²) in [4.78, 5) is 11.9. The fourth-order valence-electron chi connectivity index (χ4n) is 2.67. The van der Waals surface area contributed by atoms with Gasteiger partial charge in [0.05, 0.1) is 5.69 Å². The highest BCUT2D eigenvalue weighted by Gasteiger charge is 2.22. The second-order valence-electron chi connectivity index (χ2n) is 4.91. The number of nitrogens with one attached hydrogen (secondary N) is 2. The van der Waals surface area contributed by atoms with Crippen LogP contribution >= 0.6 is 0 Å². The lowest BCUT2D eigenvalue weighted by atomic mass is 10.1. The van der Waals surface area contributed by atoms with E-state index in [1.54, 1.807) is 0 Å². The quantitative estimate of drug-likeness (QED) is 0.776. The Kier molecular flexibility index (Phi) is 3.43. The lowest BCUT2D eigenvalue weighted by Crippen LogP contribution is -2.45. The third-order valence-corrected chi connectivity index (χ3v) is 3.69. The summed E-state index contributed by atoms with van der Waals surface area (Å²) < 4.78 is 0. The molecule has 5 heteroatoms. The monoisotopic (exact) mass is 247 g/mol. The summed E-state index contributed by atoms with van der Waals surface area (Å²) >= 11 is 0. The molecule has 1 fully saturated rings. The van der Waals surface area contributed by atoms with Gasteiger partial charge in [-0.1, -0.05) is 6.92 Å². The average Bonchev–Trinajstić information content (AvgIpc) is 2.47. The third-order valence-electron chi connectivity index (χ3n) is 3.69. The maximum absolute atomic E-state index is 4.78. The molecular formula is C13H21N5. The van der Waals surface area contributed by atoms with E-state index in [0.717, 1.165) is 57.9 Å². The lowest BCUT2D eigenvalue weighted by molar-refractivity contribution is 0.569. The SMILES string of the molecule is CCc1nc2c(c(N3CCNCC3)n1)CNCC2. The van der Waals surface area contributed by atoms with Gasteiger partial charge in [0.2, 0.25) is 0 Å². The molecule has 1 aromatic heterocycles. The molecule has 2 N–H and O–H groups in total. The van der Waals surface area contributed by atoms with E-state index in [1.165, 1.54) is 17.1 Å². The smallest absolute Gasteiger partial charge is 0.137 e. The van der Waals surface area contributed by atoms with Gasteiger partial charge in [-0.2, -0.15) is 0 Å². The van der Waals surface area contributed by atoms with Crippen molar-refractivity contribution in [2.24, 2.45) is 0 Å². The van der Waals surface area contributed by atoms with E-state index in [9.17, 15) is 0 Å². The van der Waals surface area contributed by atoms with Crippen molar-refractivity contribution in [3.05, 3.63) is 17.1 Å². The second kappa shape index (κ2) is 5.20. The van der Waals surface area contributed by atoms with Gasteiger partial charge in [0.15, 0.2) is 0 Å². The Bertz CT molecular complexity index is 426. The summed E-state index contributed by atoms with van der Waals surface area (Å²) in [5, 5.41) is 6.83. The predicted molar refractivity (Wildman–Crippen MR) is 71.9 cm³/mol. The Morgan fingerprint density at radius 3 is 2.72 bits per heavy atom. The maximum atomic E-state index is 4.78. The van der Waals surface area contributed by atoms with Crippen LogP contribution in [0.2, 0.25) is 0 Å². The minimum Gasteiger partial charge on any atom is -0.354 e.